The third-order valence-electron chi connectivity index (χ3n) is 7.03. The minimum atomic E-state index is -0.312. The maximum atomic E-state index is 13.5. The lowest BCUT2D eigenvalue weighted by molar-refractivity contribution is 0.0675. The topological polar surface area (TPSA) is 58.4 Å². The van der Waals surface area contributed by atoms with Crippen molar-refractivity contribution in [3.05, 3.63) is 53.1 Å². The number of hydrogen-bond acceptors (Lipinski definition) is 3. The summed E-state index contributed by atoms with van der Waals surface area (Å²) in [5, 5.41) is 4.49. The van der Waals surface area contributed by atoms with Crippen LogP contribution in [0.15, 0.2) is 30.3 Å². The number of hydrogen-bond donors (Lipinski definition) is 0. The molecule has 7 heteroatoms. The number of carbonyl (C=O) groups excluding carboxylic acids is 2. The third-order valence-corrected chi connectivity index (χ3v) is 7.03. The number of nitrogens with zero attached hydrogens (tertiary/aromatic N) is 4. The molecule has 3 heterocycles. The quantitative estimate of drug-likeness (QED) is 0.755. The van der Waals surface area contributed by atoms with Gasteiger partial charge in [-0.3, -0.25) is 14.3 Å². The molecular formula is C24H29FN4O2. The zero-order chi connectivity index (χ0) is 22.0. The van der Waals surface area contributed by atoms with Crippen molar-refractivity contribution in [3.8, 4) is 0 Å². The standard InChI is InChI=1S/C24H29FN4O2/c1-23(2)11-18-12-24(3,14-23)15-28(18)21(30)19-10-20-22(31)27(7-8-29(20)26-19)13-16-5-4-6-17(25)9-16/h4-6,9-10,18H,7-8,11-15H2,1-3H3. The third kappa shape index (κ3) is 3.64. The van der Waals surface area contributed by atoms with Crippen molar-refractivity contribution in [2.24, 2.45) is 10.8 Å². The van der Waals surface area contributed by atoms with Gasteiger partial charge in [-0.1, -0.05) is 32.9 Å². The van der Waals surface area contributed by atoms with Crippen LogP contribution >= 0.6 is 0 Å². The zero-order valence-corrected chi connectivity index (χ0v) is 18.4. The number of rotatable bonds is 3. The Morgan fingerprint density at radius 1 is 1.19 bits per heavy atom. The van der Waals surface area contributed by atoms with Gasteiger partial charge in [0.15, 0.2) is 5.69 Å². The SMILES string of the molecule is CC1(C)CC2CC(C)(CN2C(=O)c2cc3n(n2)CCN(Cc2cccc(F)c2)C3=O)C1. The summed E-state index contributed by atoms with van der Waals surface area (Å²) in [6.45, 7) is 8.95. The van der Waals surface area contributed by atoms with Crippen molar-refractivity contribution < 1.29 is 14.0 Å². The summed E-state index contributed by atoms with van der Waals surface area (Å²) in [6.07, 6.45) is 3.16. The summed E-state index contributed by atoms with van der Waals surface area (Å²) in [5.41, 5.74) is 1.91. The van der Waals surface area contributed by atoms with Gasteiger partial charge >= 0.3 is 0 Å². The molecule has 31 heavy (non-hydrogen) atoms. The molecule has 1 aromatic heterocycles. The van der Waals surface area contributed by atoms with E-state index in [0.29, 0.717) is 31.0 Å². The van der Waals surface area contributed by atoms with Gasteiger partial charge in [0.25, 0.3) is 11.8 Å². The van der Waals surface area contributed by atoms with Crippen LogP contribution in [0, 0.1) is 16.6 Å². The van der Waals surface area contributed by atoms with Crippen molar-refractivity contribution in [2.45, 2.75) is 59.2 Å². The molecule has 1 saturated heterocycles. The molecule has 1 saturated carbocycles. The van der Waals surface area contributed by atoms with Crippen LogP contribution in [0.2, 0.25) is 0 Å². The molecular weight excluding hydrogens is 395 g/mol. The van der Waals surface area contributed by atoms with Gasteiger partial charge in [0, 0.05) is 31.7 Å². The summed E-state index contributed by atoms with van der Waals surface area (Å²) >= 11 is 0. The zero-order valence-electron chi connectivity index (χ0n) is 18.4. The van der Waals surface area contributed by atoms with E-state index >= 15 is 0 Å². The predicted molar refractivity (Wildman–Crippen MR) is 114 cm³/mol. The fraction of sp³-hybridized carbons (Fsp3) is 0.542. The first-order valence-electron chi connectivity index (χ1n) is 11.1. The Balaban J connectivity index is 1.35. The first-order valence-corrected chi connectivity index (χ1v) is 11.1. The van der Waals surface area contributed by atoms with Crippen LogP contribution in [-0.2, 0) is 13.1 Å². The normalized spacial score (nSPS) is 26.8. The number of carbonyl (C=O) groups is 2. The number of aromatic nitrogens is 2. The van der Waals surface area contributed by atoms with E-state index in [1.165, 1.54) is 12.1 Å². The van der Waals surface area contributed by atoms with Crippen molar-refractivity contribution in [3.63, 3.8) is 0 Å². The first-order chi connectivity index (χ1) is 14.6. The Morgan fingerprint density at radius 2 is 2.00 bits per heavy atom. The van der Waals surface area contributed by atoms with E-state index < -0.39 is 0 Å². The van der Waals surface area contributed by atoms with Crippen LogP contribution in [0.5, 0.6) is 0 Å². The first kappa shape index (κ1) is 20.2. The van der Waals surface area contributed by atoms with Crippen LogP contribution in [0.3, 0.4) is 0 Å². The van der Waals surface area contributed by atoms with Crippen molar-refractivity contribution in [1.82, 2.24) is 19.6 Å². The molecule has 2 bridgehead atoms. The molecule has 5 rings (SSSR count). The lowest BCUT2D eigenvalue weighted by atomic mass is 9.65. The van der Waals surface area contributed by atoms with Crippen LogP contribution in [0.1, 0.15) is 66.6 Å². The summed E-state index contributed by atoms with van der Waals surface area (Å²) in [6, 6.07) is 8.17. The molecule has 2 atom stereocenters. The highest BCUT2D eigenvalue weighted by Crippen LogP contribution is 2.52. The Morgan fingerprint density at radius 3 is 2.77 bits per heavy atom. The minimum absolute atomic E-state index is 0.0715. The molecule has 1 aromatic carbocycles. The Bertz CT molecular complexity index is 1060. The largest absolute Gasteiger partial charge is 0.334 e. The van der Waals surface area contributed by atoms with E-state index in [9.17, 15) is 14.0 Å². The Hall–Kier alpha value is -2.70. The molecule has 0 spiro atoms. The molecule has 2 aromatic rings. The summed E-state index contributed by atoms with van der Waals surface area (Å²) in [4.78, 5) is 30.1. The van der Waals surface area contributed by atoms with Crippen molar-refractivity contribution in [2.75, 3.05) is 13.1 Å². The maximum Gasteiger partial charge on any atom is 0.274 e. The molecule has 2 aliphatic heterocycles. The van der Waals surface area contributed by atoms with E-state index in [-0.39, 0.29) is 34.5 Å². The van der Waals surface area contributed by atoms with Crippen LogP contribution in [-0.4, -0.2) is 50.5 Å². The second-order valence-corrected chi connectivity index (χ2v) is 10.6. The highest BCUT2D eigenvalue weighted by atomic mass is 19.1. The Labute approximate surface area is 182 Å². The fourth-order valence-electron chi connectivity index (χ4n) is 6.19. The van der Waals surface area contributed by atoms with Gasteiger partial charge in [0.1, 0.15) is 11.5 Å². The van der Waals surface area contributed by atoms with Gasteiger partial charge in [-0.15, -0.1) is 0 Å². The van der Waals surface area contributed by atoms with Gasteiger partial charge in [-0.2, -0.15) is 5.10 Å². The van der Waals surface area contributed by atoms with Gasteiger partial charge in [0.05, 0.1) is 6.54 Å². The highest BCUT2D eigenvalue weighted by molar-refractivity contribution is 5.98. The van der Waals surface area contributed by atoms with Crippen LogP contribution in [0.4, 0.5) is 4.39 Å². The second-order valence-electron chi connectivity index (χ2n) is 10.6. The minimum Gasteiger partial charge on any atom is -0.334 e. The molecule has 1 aliphatic carbocycles. The average molecular weight is 425 g/mol. The molecule has 164 valence electrons. The van der Waals surface area contributed by atoms with Crippen molar-refractivity contribution >= 4 is 11.8 Å². The van der Waals surface area contributed by atoms with E-state index in [1.54, 1.807) is 21.7 Å². The maximum absolute atomic E-state index is 13.5. The summed E-state index contributed by atoms with van der Waals surface area (Å²) in [5.74, 6) is -0.555. The molecule has 2 unspecified atom stereocenters. The van der Waals surface area contributed by atoms with Crippen molar-refractivity contribution in [1.29, 1.82) is 0 Å². The molecule has 0 radical (unpaired) electrons. The predicted octanol–water partition coefficient (Wildman–Crippen LogP) is 3.72. The lowest BCUT2D eigenvalue weighted by Gasteiger charge is -2.39. The van der Waals surface area contributed by atoms with E-state index in [2.05, 4.69) is 25.9 Å². The van der Waals surface area contributed by atoms with E-state index in [1.807, 2.05) is 11.0 Å². The summed E-state index contributed by atoms with van der Waals surface area (Å²) < 4.78 is 15.2. The van der Waals surface area contributed by atoms with Gasteiger partial charge in [0.2, 0.25) is 0 Å². The number of benzene rings is 1. The molecule has 3 aliphatic rings. The molecule has 2 fully saturated rings. The molecule has 0 N–H and O–H groups in total. The number of likely N-dealkylation sites (tertiary alicyclic amines) is 1. The smallest absolute Gasteiger partial charge is 0.274 e. The molecule has 6 nitrogen and oxygen atoms in total. The fourth-order valence-corrected chi connectivity index (χ4v) is 6.19. The van der Waals surface area contributed by atoms with Gasteiger partial charge in [-0.05, 0) is 47.8 Å². The highest BCUT2D eigenvalue weighted by Gasteiger charge is 2.51. The monoisotopic (exact) mass is 424 g/mol. The van der Waals surface area contributed by atoms with Crippen LogP contribution < -0.4 is 0 Å². The van der Waals surface area contributed by atoms with E-state index in [4.69, 9.17) is 0 Å². The van der Waals surface area contributed by atoms with Gasteiger partial charge < -0.3 is 9.80 Å². The average Bonchev–Trinajstić information content (AvgIpc) is 3.22. The summed E-state index contributed by atoms with van der Waals surface area (Å²) in [7, 11) is 0. The van der Waals surface area contributed by atoms with Crippen LogP contribution in [0.25, 0.3) is 0 Å². The Kier molecular flexibility index (Phi) is 4.50. The number of halogens is 1. The number of amides is 2. The lowest BCUT2D eigenvalue weighted by Crippen LogP contribution is -2.39. The number of fused-ring (bicyclic) bond motifs is 3. The molecule has 2 amide bonds. The van der Waals surface area contributed by atoms with E-state index in [0.717, 1.165) is 31.4 Å². The second kappa shape index (κ2) is 6.90. The van der Waals surface area contributed by atoms with Gasteiger partial charge in [-0.25, -0.2) is 4.39 Å².